The van der Waals surface area contributed by atoms with E-state index in [1.807, 2.05) is 0 Å². The molecule has 90 valence electrons. The molecule has 0 spiro atoms. The summed E-state index contributed by atoms with van der Waals surface area (Å²) in [5.74, 6) is -7.63. The quantitative estimate of drug-likeness (QED) is 0.423. The van der Waals surface area contributed by atoms with Gasteiger partial charge in [0, 0.05) is 6.42 Å². The molecule has 0 aliphatic heterocycles. The van der Waals surface area contributed by atoms with Crippen molar-refractivity contribution in [2.75, 3.05) is 0 Å². The highest BCUT2D eigenvalue weighted by Gasteiger charge is 2.28. The molecule has 0 unspecified atom stereocenters. The molecule has 1 rings (SSSR count). The Hall–Kier alpha value is -1.27. The first-order chi connectivity index (χ1) is 7.22. The van der Waals surface area contributed by atoms with E-state index in [0.29, 0.717) is 0 Å². The first-order valence-electron chi connectivity index (χ1n) is 4.11. The van der Waals surface area contributed by atoms with E-state index < -0.39 is 47.9 Å². The number of halogens is 7. The van der Waals surface area contributed by atoms with Crippen LogP contribution in [0.25, 0.3) is 0 Å². The van der Waals surface area contributed by atoms with Gasteiger partial charge in [-0.2, -0.15) is 13.2 Å². The number of benzene rings is 1. The number of aryl methyl sites for hydroxylation is 1. The molecule has 0 fully saturated rings. The lowest BCUT2D eigenvalue weighted by atomic mass is 10.1. The Morgan fingerprint density at radius 1 is 0.875 bits per heavy atom. The van der Waals surface area contributed by atoms with E-state index in [4.69, 9.17) is 0 Å². The second-order valence-corrected chi connectivity index (χ2v) is 3.07. The Morgan fingerprint density at radius 2 is 1.44 bits per heavy atom. The second-order valence-electron chi connectivity index (χ2n) is 3.07. The molecular formula is C9H5F7. The van der Waals surface area contributed by atoms with Gasteiger partial charge in [-0.1, -0.05) is 0 Å². The van der Waals surface area contributed by atoms with Crippen LogP contribution >= 0.6 is 0 Å². The zero-order valence-electron chi connectivity index (χ0n) is 7.64. The topological polar surface area (TPSA) is 0 Å². The number of hydrogen-bond donors (Lipinski definition) is 0. The van der Waals surface area contributed by atoms with Gasteiger partial charge in [-0.05, 0) is 18.1 Å². The Balaban J connectivity index is 2.98. The molecule has 0 N–H and O–H groups in total. The molecule has 0 aliphatic carbocycles. The normalized spacial score (nSPS) is 11.9. The van der Waals surface area contributed by atoms with Crippen LogP contribution in [-0.4, -0.2) is 6.18 Å². The summed E-state index contributed by atoms with van der Waals surface area (Å²) in [6, 6.07) is 0.222. The highest BCUT2D eigenvalue weighted by atomic mass is 19.4. The Bertz CT molecular complexity index is 394. The molecule has 1 aromatic rings. The fourth-order valence-electron chi connectivity index (χ4n) is 1.08. The predicted molar refractivity (Wildman–Crippen MR) is 40.7 cm³/mol. The molecule has 0 saturated carbocycles. The molecule has 7 heteroatoms. The third-order valence-electron chi connectivity index (χ3n) is 1.86. The van der Waals surface area contributed by atoms with E-state index >= 15 is 0 Å². The summed E-state index contributed by atoms with van der Waals surface area (Å²) < 4.78 is 85.8. The monoisotopic (exact) mass is 246 g/mol. The summed E-state index contributed by atoms with van der Waals surface area (Å²) in [4.78, 5) is 0. The smallest absolute Gasteiger partial charge is 0.204 e. The Kier molecular flexibility index (Phi) is 3.44. The molecule has 0 aliphatic rings. The third kappa shape index (κ3) is 2.86. The van der Waals surface area contributed by atoms with Crippen LogP contribution < -0.4 is 0 Å². The molecule has 0 aromatic heterocycles. The van der Waals surface area contributed by atoms with E-state index in [9.17, 15) is 30.7 Å². The lowest BCUT2D eigenvalue weighted by molar-refractivity contribution is -0.134. The predicted octanol–water partition coefficient (Wildman–Crippen LogP) is 3.74. The summed E-state index contributed by atoms with van der Waals surface area (Å²) in [6.45, 7) is 0. The van der Waals surface area contributed by atoms with Crippen LogP contribution in [0, 0.1) is 23.3 Å². The van der Waals surface area contributed by atoms with Crippen molar-refractivity contribution in [3.8, 4) is 0 Å². The van der Waals surface area contributed by atoms with Gasteiger partial charge in [0.15, 0.2) is 23.3 Å². The van der Waals surface area contributed by atoms with Crippen LogP contribution in [0.2, 0.25) is 0 Å². The summed E-state index contributed by atoms with van der Waals surface area (Å²) in [7, 11) is 0. The molecule has 0 amide bonds. The molecule has 0 radical (unpaired) electrons. The number of alkyl halides is 3. The van der Waals surface area contributed by atoms with Crippen molar-refractivity contribution in [3.05, 3.63) is 34.9 Å². The summed E-state index contributed by atoms with van der Waals surface area (Å²) in [6.07, 6.45) is -6.95. The standard InChI is InChI=1S/C9H5F7/c10-5-3-4(1-2-9(14,15)16)6(11)8(13)7(5)12/h3H,1-2H2. The summed E-state index contributed by atoms with van der Waals surface area (Å²) >= 11 is 0. The molecule has 1 aromatic carbocycles. The van der Waals surface area contributed by atoms with Crippen molar-refractivity contribution in [2.24, 2.45) is 0 Å². The largest absolute Gasteiger partial charge is 0.389 e. The average Bonchev–Trinajstić information content (AvgIpc) is 2.17. The SMILES string of the molecule is Fc1cc(CCC(F)(F)F)c(F)c(F)c1F. The zero-order chi connectivity index (χ0) is 12.5. The van der Waals surface area contributed by atoms with Crippen LogP contribution in [0.4, 0.5) is 30.7 Å². The van der Waals surface area contributed by atoms with Gasteiger partial charge in [-0.25, -0.2) is 17.6 Å². The van der Waals surface area contributed by atoms with Crippen LogP contribution in [0.15, 0.2) is 6.07 Å². The molecule has 0 bridgehead atoms. The molecule has 16 heavy (non-hydrogen) atoms. The minimum absolute atomic E-state index is 0.222. The maximum atomic E-state index is 12.9. The van der Waals surface area contributed by atoms with Gasteiger partial charge in [0.2, 0.25) is 0 Å². The van der Waals surface area contributed by atoms with Gasteiger partial charge in [-0.15, -0.1) is 0 Å². The van der Waals surface area contributed by atoms with E-state index in [1.165, 1.54) is 0 Å². The average molecular weight is 246 g/mol. The van der Waals surface area contributed by atoms with Gasteiger partial charge >= 0.3 is 6.18 Å². The minimum Gasteiger partial charge on any atom is -0.204 e. The number of rotatable bonds is 2. The zero-order valence-corrected chi connectivity index (χ0v) is 7.64. The van der Waals surface area contributed by atoms with E-state index in [2.05, 4.69) is 0 Å². The van der Waals surface area contributed by atoms with Crippen molar-refractivity contribution in [1.29, 1.82) is 0 Å². The third-order valence-corrected chi connectivity index (χ3v) is 1.86. The lowest BCUT2D eigenvalue weighted by Crippen LogP contribution is -2.10. The summed E-state index contributed by atoms with van der Waals surface area (Å²) in [5.41, 5.74) is -0.839. The van der Waals surface area contributed by atoms with Crippen molar-refractivity contribution >= 4 is 0 Å². The van der Waals surface area contributed by atoms with Crippen molar-refractivity contribution in [1.82, 2.24) is 0 Å². The lowest BCUT2D eigenvalue weighted by Gasteiger charge is -2.08. The van der Waals surface area contributed by atoms with Crippen LogP contribution in [0.3, 0.4) is 0 Å². The first-order valence-corrected chi connectivity index (χ1v) is 4.11. The van der Waals surface area contributed by atoms with Gasteiger partial charge in [0.05, 0.1) is 0 Å². The Labute approximate surface area is 85.7 Å². The second kappa shape index (κ2) is 4.31. The minimum atomic E-state index is -4.58. The molecule has 0 saturated heterocycles. The van der Waals surface area contributed by atoms with Gasteiger partial charge in [-0.3, -0.25) is 0 Å². The fraction of sp³-hybridized carbons (Fsp3) is 0.333. The van der Waals surface area contributed by atoms with Crippen molar-refractivity contribution < 1.29 is 30.7 Å². The molecule has 0 atom stereocenters. The first kappa shape index (κ1) is 12.8. The van der Waals surface area contributed by atoms with Crippen LogP contribution in [-0.2, 0) is 6.42 Å². The van der Waals surface area contributed by atoms with Gasteiger partial charge in [0.1, 0.15) is 0 Å². The number of hydrogen-bond acceptors (Lipinski definition) is 0. The van der Waals surface area contributed by atoms with Gasteiger partial charge in [0.25, 0.3) is 0 Å². The van der Waals surface area contributed by atoms with Crippen LogP contribution in [0.1, 0.15) is 12.0 Å². The maximum Gasteiger partial charge on any atom is 0.389 e. The van der Waals surface area contributed by atoms with Crippen LogP contribution in [0.5, 0.6) is 0 Å². The maximum absolute atomic E-state index is 12.9. The summed E-state index contributed by atoms with van der Waals surface area (Å²) in [5, 5.41) is 0. The van der Waals surface area contributed by atoms with E-state index in [0.717, 1.165) is 0 Å². The molecular weight excluding hydrogens is 241 g/mol. The highest BCUT2D eigenvalue weighted by molar-refractivity contribution is 5.22. The highest BCUT2D eigenvalue weighted by Crippen LogP contribution is 2.25. The van der Waals surface area contributed by atoms with E-state index in [-0.39, 0.29) is 6.07 Å². The Morgan fingerprint density at radius 3 is 1.94 bits per heavy atom. The van der Waals surface area contributed by atoms with E-state index in [1.54, 1.807) is 0 Å². The van der Waals surface area contributed by atoms with Gasteiger partial charge < -0.3 is 0 Å². The molecule has 0 heterocycles. The fourth-order valence-corrected chi connectivity index (χ4v) is 1.08. The van der Waals surface area contributed by atoms with Crippen molar-refractivity contribution in [3.63, 3.8) is 0 Å². The molecule has 0 nitrogen and oxygen atoms in total. The van der Waals surface area contributed by atoms with Crippen molar-refractivity contribution in [2.45, 2.75) is 19.0 Å².